The lowest BCUT2D eigenvalue weighted by molar-refractivity contribution is 0.102. The number of nitrogens with one attached hydrogen (secondary N) is 1. The van der Waals surface area contributed by atoms with Crippen molar-refractivity contribution in [2.24, 2.45) is 0 Å². The number of rotatable bonds is 4. The van der Waals surface area contributed by atoms with Crippen LogP contribution < -0.4 is 5.32 Å². The molecule has 0 aliphatic rings. The number of aliphatic hydroxyl groups is 1. The molecule has 0 bridgehead atoms. The quantitative estimate of drug-likeness (QED) is 0.887. The number of carbonyl (C=O) groups excluding carboxylic acids is 1. The summed E-state index contributed by atoms with van der Waals surface area (Å²) in [6.07, 6.45) is -0.502. The van der Waals surface area contributed by atoms with Crippen molar-refractivity contribution >= 4 is 11.6 Å². The molecule has 0 unspecified atom stereocenters. The van der Waals surface area contributed by atoms with Gasteiger partial charge in [-0.25, -0.2) is 0 Å². The minimum absolute atomic E-state index is 0.130. The van der Waals surface area contributed by atoms with Gasteiger partial charge in [0.25, 0.3) is 5.91 Å². The lowest BCUT2D eigenvalue weighted by Gasteiger charge is -2.09. The van der Waals surface area contributed by atoms with Gasteiger partial charge in [0, 0.05) is 11.3 Å². The van der Waals surface area contributed by atoms with Crippen LogP contribution in [-0.4, -0.2) is 11.0 Å². The van der Waals surface area contributed by atoms with Gasteiger partial charge in [0.2, 0.25) is 0 Å². The Labute approximate surface area is 125 Å². The molecule has 3 heteroatoms. The van der Waals surface area contributed by atoms with E-state index >= 15 is 0 Å². The number of hydrogen-bond donors (Lipinski definition) is 2. The predicted molar refractivity (Wildman–Crippen MR) is 85.6 cm³/mol. The molecule has 0 saturated heterocycles. The number of carbonyl (C=O) groups is 1. The van der Waals surface area contributed by atoms with E-state index in [0.29, 0.717) is 11.5 Å². The first kappa shape index (κ1) is 15.3. The van der Waals surface area contributed by atoms with Gasteiger partial charge in [0.1, 0.15) is 0 Å². The standard InChI is InChI=1S/C18H21NO2/c1-12(2)14-4-6-16(7-5-14)18(21)19-17-10-8-15(9-11-17)13(3)20/h4-13,20H,1-3H3,(H,19,21)/t13-/m1/s1. The maximum atomic E-state index is 12.2. The molecule has 0 spiro atoms. The van der Waals surface area contributed by atoms with Crippen LogP contribution in [0.3, 0.4) is 0 Å². The fourth-order valence-electron chi connectivity index (χ4n) is 2.07. The molecule has 2 aromatic carbocycles. The summed E-state index contributed by atoms with van der Waals surface area (Å²) < 4.78 is 0. The number of amides is 1. The highest BCUT2D eigenvalue weighted by molar-refractivity contribution is 6.04. The first-order chi connectivity index (χ1) is 9.97. The highest BCUT2D eigenvalue weighted by Crippen LogP contribution is 2.18. The molecule has 0 fully saturated rings. The molecule has 0 aromatic heterocycles. The molecule has 2 aromatic rings. The lowest BCUT2D eigenvalue weighted by Crippen LogP contribution is -2.12. The van der Waals surface area contributed by atoms with Gasteiger partial charge in [-0.1, -0.05) is 38.1 Å². The van der Waals surface area contributed by atoms with Crippen LogP contribution in [0.5, 0.6) is 0 Å². The Kier molecular flexibility index (Phi) is 4.76. The van der Waals surface area contributed by atoms with Crippen molar-refractivity contribution in [3.05, 3.63) is 65.2 Å². The van der Waals surface area contributed by atoms with E-state index in [-0.39, 0.29) is 5.91 Å². The van der Waals surface area contributed by atoms with E-state index in [2.05, 4.69) is 19.2 Å². The molecule has 21 heavy (non-hydrogen) atoms. The maximum Gasteiger partial charge on any atom is 0.255 e. The van der Waals surface area contributed by atoms with Crippen molar-refractivity contribution < 1.29 is 9.90 Å². The number of benzene rings is 2. The minimum Gasteiger partial charge on any atom is -0.389 e. The van der Waals surface area contributed by atoms with Crippen LogP contribution in [-0.2, 0) is 0 Å². The SMILES string of the molecule is CC(C)c1ccc(C(=O)Nc2ccc([C@@H](C)O)cc2)cc1. The normalized spacial score (nSPS) is 12.2. The summed E-state index contributed by atoms with van der Waals surface area (Å²) in [7, 11) is 0. The summed E-state index contributed by atoms with van der Waals surface area (Å²) in [5.74, 6) is 0.324. The summed E-state index contributed by atoms with van der Waals surface area (Å²) in [5.41, 5.74) is 3.40. The summed E-state index contributed by atoms with van der Waals surface area (Å²) in [6.45, 7) is 5.96. The molecular formula is C18H21NO2. The minimum atomic E-state index is -0.502. The zero-order valence-electron chi connectivity index (χ0n) is 12.6. The summed E-state index contributed by atoms with van der Waals surface area (Å²) in [4.78, 5) is 12.2. The average Bonchev–Trinajstić information content (AvgIpc) is 2.47. The molecule has 110 valence electrons. The molecule has 2 rings (SSSR count). The number of aliphatic hydroxyl groups excluding tert-OH is 1. The fourth-order valence-corrected chi connectivity index (χ4v) is 2.07. The molecule has 1 amide bonds. The van der Waals surface area contributed by atoms with Gasteiger partial charge in [-0.3, -0.25) is 4.79 Å². The van der Waals surface area contributed by atoms with E-state index in [9.17, 15) is 9.90 Å². The van der Waals surface area contributed by atoms with Crippen LogP contribution in [0.15, 0.2) is 48.5 Å². The van der Waals surface area contributed by atoms with Crippen molar-refractivity contribution in [3.8, 4) is 0 Å². The van der Waals surface area contributed by atoms with Crippen molar-refractivity contribution in [2.75, 3.05) is 5.32 Å². The van der Waals surface area contributed by atoms with E-state index < -0.39 is 6.10 Å². The lowest BCUT2D eigenvalue weighted by atomic mass is 10.0. The van der Waals surface area contributed by atoms with Crippen LogP contribution >= 0.6 is 0 Å². The second-order valence-corrected chi connectivity index (χ2v) is 5.53. The summed E-state index contributed by atoms with van der Waals surface area (Å²) >= 11 is 0. The van der Waals surface area contributed by atoms with Gasteiger partial charge in [0.15, 0.2) is 0 Å². The van der Waals surface area contributed by atoms with E-state index in [0.717, 1.165) is 11.3 Å². The highest BCUT2D eigenvalue weighted by Gasteiger charge is 2.07. The highest BCUT2D eigenvalue weighted by atomic mass is 16.3. The Balaban J connectivity index is 2.06. The van der Waals surface area contributed by atoms with Gasteiger partial charge >= 0.3 is 0 Å². The summed E-state index contributed by atoms with van der Waals surface area (Å²) in [5, 5.41) is 12.3. The van der Waals surface area contributed by atoms with Crippen LogP contribution in [0.2, 0.25) is 0 Å². The van der Waals surface area contributed by atoms with Gasteiger partial charge in [-0.15, -0.1) is 0 Å². The second-order valence-electron chi connectivity index (χ2n) is 5.53. The first-order valence-corrected chi connectivity index (χ1v) is 7.16. The van der Waals surface area contributed by atoms with Crippen LogP contribution in [0.1, 0.15) is 54.3 Å². The molecule has 1 atom stereocenters. The van der Waals surface area contributed by atoms with E-state index in [1.54, 1.807) is 19.1 Å². The Morgan fingerprint density at radius 1 is 0.905 bits per heavy atom. The van der Waals surface area contributed by atoms with Gasteiger partial charge < -0.3 is 10.4 Å². The van der Waals surface area contributed by atoms with Crippen LogP contribution in [0.25, 0.3) is 0 Å². The third-order valence-electron chi connectivity index (χ3n) is 3.49. The van der Waals surface area contributed by atoms with Crippen molar-refractivity contribution in [3.63, 3.8) is 0 Å². The Morgan fingerprint density at radius 2 is 1.43 bits per heavy atom. The molecule has 0 saturated carbocycles. The third-order valence-corrected chi connectivity index (χ3v) is 3.49. The topological polar surface area (TPSA) is 49.3 Å². The summed E-state index contributed by atoms with van der Waals surface area (Å²) in [6, 6.07) is 14.9. The van der Waals surface area contributed by atoms with Crippen LogP contribution in [0, 0.1) is 0 Å². The molecule has 0 aliphatic carbocycles. The van der Waals surface area contributed by atoms with Gasteiger partial charge in [-0.2, -0.15) is 0 Å². The molecule has 0 aliphatic heterocycles. The monoisotopic (exact) mass is 283 g/mol. The molecule has 3 nitrogen and oxygen atoms in total. The van der Waals surface area contributed by atoms with Gasteiger partial charge in [0.05, 0.1) is 6.10 Å². The smallest absolute Gasteiger partial charge is 0.255 e. The van der Waals surface area contributed by atoms with Crippen molar-refractivity contribution in [2.45, 2.75) is 32.8 Å². The number of hydrogen-bond acceptors (Lipinski definition) is 2. The molecule has 2 N–H and O–H groups in total. The largest absolute Gasteiger partial charge is 0.389 e. The molecular weight excluding hydrogens is 262 g/mol. The first-order valence-electron chi connectivity index (χ1n) is 7.16. The zero-order chi connectivity index (χ0) is 15.4. The Bertz CT molecular complexity index is 598. The average molecular weight is 283 g/mol. The van der Waals surface area contributed by atoms with Crippen LogP contribution in [0.4, 0.5) is 5.69 Å². The van der Waals surface area contributed by atoms with Crippen molar-refractivity contribution in [1.82, 2.24) is 0 Å². The van der Waals surface area contributed by atoms with Gasteiger partial charge in [-0.05, 0) is 48.2 Å². The predicted octanol–water partition coefficient (Wildman–Crippen LogP) is 4.12. The Morgan fingerprint density at radius 3 is 1.90 bits per heavy atom. The van der Waals surface area contributed by atoms with E-state index in [4.69, 9.17) is 0 Å². The maximum absolute atomic E-state index is 12.2. The van der Waals surface area contributed by atoms with Crippen molar-refractivity contribution in [1.29, 1.82) is 0 Å². The Hall–Kier alpha value is -2.13. The molecule has 0 heterocycles. The second kappa shape index (κ2) is 6.55. The van der Waals surface area contributed by atoms with E-state index in [1.165, 1.54) is 5.56 Å². The fraction of sp³-hybridized carbons (Fsp3) is 0.278. The van der Waals surface area contributed by atoms with E-state index in [1.807, 2.05) is 36.4 Å². The third kappa shape index (κ3) is 3.92. The zero-order valence-corrected chi connectivity index (χ0v) is 12.6. The number of anilines is 1. The molecule has 0 radical (unpaired) electrons.